The maximum Gasteiger partial charge on any atom is 0.228 e. The summed E-state index contributed by atoms with van der Waals surface area (Å²) in [5, 5.41) is 15.1. The Labute approximate surface area is 689 Å². The van der Waals surface area contributed by atoms with Crippen LogP contribution in [0.4, 0.5) is 0 Å². The minimum Gasteiger partial charge on any atom is -2.00 e. The van der Waals surface area contributed by atoms with E-state index in [9.17, 15) is 0 Å². The summed E-state index contributed by atoms with van der Waals surface area (Å²) in [5.41, 5.74) is 0. The zero-order valence-electron chi connectivity index (χ0n) is 53.5. The van der Waals surface area contributed by atoms with Crippen LogP contribution in [0, 0.1) is 0 Å². The molecule has 0 heterocycles. The van der Waals surface area contributed by atoms with Crippen molar-refractivity contribution in [1.29, 1.82) is 0 Å². The molecule has 12 aromatic rings. The van der Waals surface area contributed by atoms with Gasteiger partial charge in [0.05, 0.1) is 0 Å². The van der Waals surface area contributed by atoms with Crippen molar-refractivity contribution in [2.45, 2.75) is 0 Å². The van der Waals surface area contributed by atoms with Gasteiger partial charge in [0.15, 0.2) is 0 Å². The van der Waals surface area contributed by atoms with E-state index in [1.54, 1.807) is 0 Å². The quantitative estimate of drug-likeness (QED) is 0.0724. The van der Waals surface area contributed by atoms with Gasteiger partial charge in [-0.15, -0.1) is 9.03 Å². The van der Waals surface area contributed by atoms with Crippen LogP contribution in [0.15, 0.2) is 373 Å². The van der Waals surface area contributed by atoms with Gasteiger partial charge >= 0.3 is 0 Å². The van der Waals surface area contributed by atoms with Crippen molar-refractivity contribution >= 4 is 92.6 Å². The zero-order valence-corrected chi connectivity index (χ0v) is 69.2. The van der Waals surface area contributed by atoms with E-state index in [2.05, 4.69) is 364 Å². The van der Waals surface area contributed by atoms with Gasteiger partial charge in [0.2, 0.25) is 14.8 Å². The number of rotatable bonds is 14. The van der Waals surface area contributed by atoms with Crippen LogP contribution in [0.5, 0.6) is 0 Å². The van der Waals surface area contributed by atoms with Crippen LogP contribution < -0.4 is 63.7 Å². The van der Waals surface area contributed by atoms with Crippen LogP contribution in [0.2, 0.25) is 0 Å². The summed E-state index contributed by atoms with van der Waals surface area (Å²) in [6, 6.07) is 131. The second-order valence-electron chi connectivity index (χ2n) is 18.7. The molecule has 0 unspecified atom stereocenters. The Morgan fingerprint density at radius 1 is 0.136 bits per heavy atom. The fourth-order valence-corrected chi connectivity index (χ4v) is 29.5. The molecule has 0 amide bonds. The SMILES string of the molecule is [Mo].[Mo].[Mo].[Mo].[Mo].[Mo].[O-2].[O-2].[O-2].[O-2].[O-2].[O-2].[O-2].[O-2].[O-2].[O-2].[O-2].[O-2].[O-2].[O-2].[O-2].[O-2].[O-2].[O-2].[O-2].c1ccc(P(=N[P+](c2ccccc2)(c2ccccc2)c2ccccc2)(c2ccccc2)c2ccccc2)cc1.c1ccc(P(=N[P+](c2ccccc2)(c2ccccc2)c2ccccc2)(c2ccccc2)c2ccccc2)cc1. The van der Waals surface area contributed by atoms with Gasteiger partial charge < -0.3 is 104 Å². The first-order valence-corrected chi connectivity index (χ1v) is 33.4. The van der Waals surface area contributed by atoms with Gasteiger partial charge in [-0.05, 0) is 72.8 Å². The number of benzene rings is 12. The van der Waals surface area contributed by atoms with Gasteiger partial charge in [0.1, 0.15) is 45.9 Å². The van der Waals surface area contributed by atoms with Crippen LogP contribution >= 0.6 is 28.9 Å². The molecule has 12 rings (SSSR count). The standard InChI is InChI=1S/2C36H30NP2.6Mo.19O/c2*1-7-19-31(20-8-1)38(32-21-9-2-10-22-32,33-23-11-3-12-24-33)37-39(34-25-13-4-14-26-34,35-27-15-5-16-28-35)36-29-17-6-18-30-36;;;;;;;;;;;;;;;;;;;;;;;;;/h2*1-30H;;;;;;;;;;;;;;;;;;;;;;;;;/q2*+1;;;;;;;19*-2. The van der Waals surface area contributed by atoms with Crippen molar-refractivity contribution in [3.05, 3.63) is 364 Å². The smallest absolute Gasteiger partial charge is 0.228 e. The predicted octanol–water partition coefficient (Wildman–Crippen LogP) is 11.9. The summed E-state index contributed by atoms with van der Waals surface area (Å²) in [6.07, 6.45) is 0. The van der Waals surface area contributed by atoms with Crippen LogP contribution in [0.3, 0.4) is 0 Å². The first-order chi connectivity index (χ1) is 38.7. The maximum atomic E-state index is 6.38. The van der Waals surface area contributed by atoms with Gasteiger partial charge in [-0.3, -0.25) is 0 Å². The molecule has 0 aliphatic carbocycles. The van der Waals surface area contributed by atoms with E-state index >= 15 is 0 Å². The summed E-state index contributed by atoms with van der Waals surface area (Å²) in [4.78, 5) is 0. The minimum atomic E-state index is -2.50. The van der Waals surface area contributed by atoms with Crippen molar-refractivity contribution < 1.29 is 230 Å². The molecule has 12 aromatic carbocycles. The van der Waals surface area contributed by atoms with Gasteiger partial charge in [0, 0.05) is 158 Å². The molecular weight excluding hydrogens is 1900 g/mol. The molecule has 0 atom stereocenters. The molecular formula is C72H60Mo6N2O19P4-36. The average molecular weight is 1960 g/mol. The summed E-state index contributed by atoms with van der Waals surface area (Å²) in [7, 11) is -9.99. The van der Waals surface area contributed by atoms with E-state index in [1.807, 2.05) is 0 Å². The third-order valence-corrected chi connectivity index (χ3v) is 30.9. The summed E-state index contributed by atoms with van der Waals surface area (Å²) >= 11 is 0. The molecule has 0 bridgehead atoms. The third-order valence-electron chi connectivity index (χ3n) is 14.1. The summed E-state index contributed by atoms with van der Waals surface area (Å²) in [6.45, 7) is 0. The van der Waals surface area contributed by atoms with Crippen molar-refractivity contribution in [2.24, 2.45) is 9.03 Å². The molecule has 31 heteroatoms. The van der Waals surface area contributed by atoms with E-state index in [0.717, 1.165) is 0 Å². The van der Waals surface area contributed by atoms with Gasteiger partial charge in [-0.2, -0.15) is 0 Å². The number of hydrogen-bond donors (Lipinski definition) is 0. The second-order valence-corrected chi connectivity index (χ2v) is 31.5. The second kappa shape index (κ2) is 65.6. The molecule has 0 saturated carbocycles. The van der Waals surface area contributed by atoms with Crippen LogP contribution in [0.25, 0.3) is 0 Å². The van der Waals surface area contributed by atoms with Crippen molar-refractivity contribution in [1.82, 2.24) is 0 Å². The van der Waals surface area contributed by atoms with Crippen molar-refractivity contribution in [2.75, 3.05) is 0 Å². The summed E-state index contributed by atoms with van der Waals surface area (Å²) in [5.74, 6) is 0. The van der Waals surface area contributed by atoms with E-state index in [0.29, 0.717) is 0 Å². The first-order valence-electron chi connectivity index (χ1n) is 26.4. The first kappa shape index (κ1) is 134. The van der Waals surface area contributed by atoms with Crippen molar-refractivity contribution in [3.8, 4) is 0 Å². The van der Waals surface area contributed by atoms with E-state index < -0.39 is 28.9 Å². The fourth-order valence-electron chi connectivity index (χ4n) is 10.5. The molecule has 0 aliphatic rings. The van der Waals surface area contributed by atoms with Crippen LogP contribution in [0.1, 0.15) is 0 Å². The Morgan fingerprint density at radius 3 is 0.320 bits per heavy atom. The van der Waals surface area contributed by atoms with E-state index in [1.165, 1.54) is 63.7 Å². The third kappa shape index (κ3) is 28.8. The largest absolute Gasteiger partial charge is 2.00 e. The maximum absolute atomic E-state index is 6.38. The molecule has 0 spiro atoms. The molecule has 103 heavy (non-hydrogen) atoms. The topological polar surface area (TPSA) is 566 Å². The summed E-state index contributed by atoms with van der Waals surface area (Å²) < 4.78 is 12.8. The molecule has 0 N–H and O–H groups in total. The minimum absolute atomic E-state index is 0. The normalized spacial score (nSPS) is 8.78. The van der Waals surface area contributed by atoms with Crippen molar-refractivity contribution in [3.63, 3.8) is 0 Å². The molecule has 0 radical (unpaired) electrons. The van der Waals surface area contributed by atoms with Crippen LogP contribution in [-0.4, -0.2) is 0 Å². The fraction of sp³-hybridized carbons (Fsp3) is 0. The van der Waals surface area contributed by atoms with Gasteiger partial charge in [-0.25, -0.2) is 0 Å². The molecule has 0 fully saturated rings. The molecule has 0 aromatic heterocycles. The Kier molecular flexibility index (Phi) is 85.4. The Hall–Kier alpha value is -4.67. The zero-order chi connectivity index (χ0) is 52.8. The van der Waals surface area contributed by atoms with E-state index in [4.69, 9.17) is 9.03 Å². The Morgan fingerprint density at radius 2 is 0.223 bits per heavy atom. The Bertz CT molecular complexity index is 3300. The molecule has 0 saturated heterocycles. The van der Waals surface area contributed by atoms with Crippen LogP contribution in [-0.2, 0) is 230 Å². The monoisotopic (exact) mass is 1970 g/mol. The predicted molar refractivity (Wildman–Crippen MR) is 358 cm³/mol. The van der Waals surface area contributed by atoms with Gasteiger partial charge in [-0.1, -0.05) is 291 Å². The molecule has 21 nitrogen and oxygen atoms in total. The average Bonchev–Trinajstić information content (AvgIpc) is 0.728. The Balaban J connectivity index is -0.0000000931. The number of hydrogen-bond acceptors (Lipinski definition) is 2. The molecule has 564 valence electrons. The molecule has 0 aliphatic heterocycles. The van der Waals surface area contributed by atoms with E-state index in [-0.39, 0.29) is 230 Å². The van der Waals surface area contributed by atoms with Gasteiger partial charge in [0.25, 0.3) is 0 Å². The number of nitrogens with zero attached hydrogens (tertiary/aromatic N) is 2.